The fraction of sp³-hybridized carbons (Fsp3) is 0.526. The Hall–Kier alpha value is -2.39. The van der Waals surface area contributed by atoms with Crippen molar-refractivity contribution >= 4 is 23.3 Å². The van der Waals surface area contributed by atoms with Gasteiger partial charge in [-0.05, 0) is 44.7 Å². The predicted molar refractivity (Wildman–Crippen MR) is 96.7 cm³/mol. The molecule has 1 heterocycles. The molecular formula is C19H26N3O3+. The van der Waals surface area contributed by atoms with Gasteiger partial charge in [0, 0.05) is 0 Å². The van der Waals surface area contributed by atoms with E-state index in [0.717, 1.165) is 37.0 Å². The number of nitrogens with one attached hydrogen (secondary N) is 1. The fourth-order valence-corrected chi connectivity index (χ4v) is 3.52. The lowest BCUT2D eigenvalue weighted by atomic mass is 10.1. The van der Waals surface area contributed by atoms with E-state index in [2.05, 4.69) is 17.1 Å². The Morgan fingerprint density at radius 3 is 2.52 bits per heavy atom. The van der Waals surface area contributed by atoms with Crippen LogP contribution in [0.25, 0.3) is 4.85 Å². The van der Waals surface area contributed by atoms with Crippen LogP contribution in [0.4, 0.5) is 11.4 Å². The standard InChI is InChI=1S/C19H25N3O3/c1-5-22(9-7-6-8-10-22)13-17(23)21-18-14(2)11-15(20-3)12-16(18)19(24)25-4/h11-12H,5-10,13H2,1-2,4H3/p+1. The lowest BCUT2D eigenvalue weighted by Gasteiger charge is -2.40. The number of carbonyl (C=O) groups is 2. The van der Waals surface area contributed by atoms with Crippen molar-refractivity contribution in [2.24, 2.45) is 0 Å². The third-order valence-corrected chi connectivity index (χ3v) is 5.03. The molecular weight excluding hydrogens is 318 g/mol. The molecule has 0 radical (unpaired) electrons. The highest BCUT2D eigenvalue weighted by Crippen LogP contribution is 2.28. The van der Waals surface area contributed by atoms with Crippen molar-refractivity contribution in [3.63, 3.8) is 0 Å². The van der Waals surface area contributed by atoms with Crippen LogP contribution in [0, 0.1) is 13.5 Å². The molecule has 0 spiro atoms. The largest absolute Gasteiger partial charge is 0.465 e. The van der Waals surface area contributed by atoms with Gasteiger partial charge in [-0.3, -0.25) is 4.79 Å². The second-order valence-corrected chi connectivity index (χ2v) is 6.66. The molecule has 6 nitrogen and oxygen atoms in total. The fourth-order valence-electron chi connectivity index (χ4n) is 3.52. The Bertz CT molecular complexity index is 701. The van der Waals surface area contributed by atoms with Gasteiger partial charge in [0.05, 0.1) is 44.6 Å². The third-order valence-electron chi connectivity index (χ3n) is 5.03. The summed E-state index contributed by atoms with van der Waals surface area (Å²) in [6.45, 7) is 14.4. The van der Waals surface area contributed by atoms with Crippen molar-refractivity contribution < 1.29 is 18.8 Å². The van der Waals surface area contributed by atoms with Crippen LogP contribution in [-0.2, 0) is 9.53 Å². The van der Waals surface area contributed by atoms with Crippen LogP contribution in [0.3, 0.4) is 0 Å². The average Bonchev–Trinajstić information content (AvgIpc) is 2.63. The Kier molecular flexibility index (Phi) is 6.16. The number of ether oxygens (including phenoxy) is 1. The second kappa shape index (κ2) is 8.13. The van der Waals surface area contributed by atoms with Gasteiger partial charge in [-0.2, -0.15) is 0 Å². The number of hydrogen-bond acceptors (Lipinski definition) is 3. The minimum Gasteiger partial charge on any atom is -0.465 e. The minimum atomic E-state index is -0.554. The maximum absolute atomic E-state index is 12.7. The van der Waals surface area contributed by atoms with Crippen molar-refractivity contribution in [1.82, 2.24) is 0 Å². The van der Waals surface area contributed by atoms with Crippen molar-refractivity contribution in [2.75, 3.05) is 38.6 Å². The predicted octanol–water partition coefficient (Wildman–Crippen LogP) is 3.29. The summed E-state index contributed by atoms with van der Waals surface area (Å²) in [7, 11) is 1.29. The van der Waals surface area contributed by atoms with Gasteiger partial charge in [-0.1, -0.05) is 6.07 Å². The number of nitrogens with zero attached hydrogens (tertiary/aromatic N) is 2. The van der Waals surface area contributed by atoms with Crippen molar-refractivity contribution in [3.05, 3.63) is 34.7 Å². The smallest absolute Gasteiger partial charge is 0.338 e. The van der Waals surface area contributed by atoms with E-state index in [1.54, 1.807) is 13.0 Å². The lowest BCUT2D eigenvalue weighted by molar-refractivity contribution is -0.923. The molecule has 134 valence electrons. The number of hydrogen-bond donors (Lipinski definition) is 1. The maximum atomic E-state index is 12.7. The SMILES string of the molecule is [C-]#[N+]c1cc(C)c(NC(=O)C[N+]2(CC)CCCCC2)c(C(=O)OC)c1. The number of amides is 1. The molecule has 0 aliphatic carbocycles. The summed E-state index contributed by atoms with van der Waals surface area (Å²) in [5.41, 5.74) is 1.70. The first-order chi connectivity index (χ1) is 11.9. The molecule has 25 heavy (non-hydrogen) atoms. The molecule has 1 aromatic carbocycles. The summed E-state index contributed by atoms with van der Waals surface area (Å²) in [5.74, 6) is -0.658. The molecule has 1 saturated heterocycles. The van der Waals surface area contributed by atoms with E-state index in [1.807, 2.05) is 0 Å². The van der Waals surface area contributed by atoms with Gasteiger partial charge in [0.1, 0.15) is 0 Å². The average molecular weight is 344 g/mol. The van der Waals surface area contributed by atoms with Crippen LogP contribution in [0.15, 0.2) is 12.1 Å². The van der Waals surface area contributed by atoms with E-state index in [4.69, 9.17) is 11.3 Å². The van der Waals surface area contributed by atoms with Crippen LogP contribution >= 0.6 is 0 Å². The van der Waals surface area contributed by atoms with E-state index in [-0.39, 0.29) is 11.5 Å². The van der Waals surface area contributed by atoms with Gasteiger partial charge < -0.3 is 14.5 Å². The first kappa shape index (κ1) is 18.9. The molecule has 0 atom stereocenters. The summed E-state index contributed by atoms with van der Waals surface area (Å²) < 4.78 is 5.60. The van der Waals surface area contributed by atoms with Crippen LogP contribution < -0.4 is 5.32 Å². The van der Waals surface area contributed by atoms with Gasteiger partial charge in [-0.15, -0.1) is 0 Å². The molecule has 1 fully saturated rings. The highest BCUT2D eigenvalue weighted by atomic mass is 16.5. The zero-order chi connectivity index (χ0) is 18.4. The summed E-state index contributed by atoms with van der Waals surface area (Å²) >= 11 is 0. The van der Waals surface area contributed by atoms with E-state index >= 15 is 0 Å². The van der Waals surface area contributed by atoms with Crippen molar-refractivity contribution in [1.29, 1.82) is 0 Å². The van der Waals surface area contributed by atoms with Crippen LogP contribution in [-0.4, -0.2) is 49.6 Å². The number of benzene rings is 1. The summed E-state index contributed by atoms with van der Waals surface area (Å²) in [4.78, 5) is 28.1. The van der Waals surface area contributed by atoms with Crippen molar-refractivity contribution in [3.8, 4) is 0 Å². The Morgan fingerprint density at radius 2 is 1.96 bits per heavy atom. The monoisotopic (exact) mass is 344 g/mol. The summed E-state index contributed by atoms with van der Waals surface area (Å²) in [6, 6.07) is 3.13. The summed E-state index contributed by atoms with van der Waals surface area (Å²) in [5, 5.41) is 2.89. The first-order valence-electron chi connectivity index (χ1n) is 8.70. The Labute approximate surface area is 149 Å². The quantitative estimate of drug-likeness (QED) is 0.506. The molecule has 0 saturated carbocycles. The molecule has 1 aliphatic heterocycles. The second-order valence-electron chi connectivity index (χ2n) is 6.66. The highest BCUT2D eigenvalue weighted by molar-refractivity contribution is 6.03. The molecule has 1 aromatic rings. The number of carbonyl (C=O) groups excluding carboxylic acids is 2. The van der Waals surface area contributed by atoms with Crippen LogP contribution in [0.2, 0.25) is 0 Å². The van der Waals surface area contributed by atoms with E-state index in [1.165, 1.54) is 19.6 Å². The molecule has 1 aliphatic rings. The topological polar surface area (TPSA) is 59.8 Å². The first-order valence-corrected chi connectivity index (χ1v) is 8.70. The number of rotatable bonds is 5. The number of esters is 1. The van der Waals surface area contributed by atoms with E-state index < -0.39 is 5.97 Å². The maximum Gasteiger partial charge on any atom is 0.338 e. The third kappa shape index (κ3) is 4.37. The molecule has 0 aromatic heterocycles. The van der Waals surface area contributed by atoms with E-state index in [0.29, 0.717) is 23.5 Å². The number of likely N-dealkylation sites (N-methyl/N-ethyl adjacent to an activating group) is 1. The number of aryl methyl sites for hydroxylation is 1. The number of piperidine rings is 1. The molecule has 0 unspecified atom stereocenters. The lowest BCUT2D eigenvalue weighted by Crippen LogP contribution is -2.55. The highest BCUT2D eigenvalue weighted by Gasteiger charge is 2.31. The van der Waals surface area contributed by atoms with Gasteiger partial charge in [0.2, 0.25) is 0 Å². The van der Waals surface area contributed by atoms with Crippen LogP contribution in [0.5, 0.6) is 0 Å². The molecule has 0 bridgehead atoms. The molecule has 1 N–H and O–H groups in total. The van der Waals surface area contributed by atoms with Crippen molar-refractivity contribution in [2.45, 2.75) is 33.1 Å². The zero-order valence-electron chi connectivity index (χ0n) is 15.2. The zero-order valence-corrected chi connectivity index (χ0v) is 15.2. The molecule has 1 amide bonds. The minimum absolute atomic E-state index is 0.104. The normalized spacial score (nSPS) is 15.9. The number of quaternary nitrogens is 1. The van der Waals surface area contributed by atoms with Gasteiger partial charge in [0.15, 0.2) is 12.2 Å². The number of anilines is 1. The number of likely N-dealkylation sites (tertiary alicyclic amines) is 1. The molecule has 2 rings (SSSR count). The van der Waals surface area contributed by atoms with Crippen LogP contribution in [0.1, 0.15) is 42.1 Å². The Balaban J connectivity index is 2.25. The molecule has 6 heteroatoms. The number of methoxy groups -OCH3 is 1. The van der Waals surface area contributed by atoms with Gasteiger partial charge in [0.25, 0.3) is 5.91 Å². The Morgan fingerprint density at radius 1 is 1.28 bits per heavy atom. The van der Waals surface area contributed by atoms with Gasteiger partial charge >= 0.3 is 5.97 Å². The summed E-state index contributed by atoms with van der Waals surface area (Å²) in [6.07, 6.45) is 3.52. The van der Waals surface area contributed by atoms with Gasteiger partial charge in [-0.25, -0.2) is 9.64 Å². The van der Waals surface area contributed by atoms with E-state index in [9.17, 15) is 9.59 Å².